The van der Waals surface area contributed by atoms with E-state index in [1.54, 1.807) is 0 Å². The zero-order valence-corrected chi connectivity index (χ0v) is 17.7. The summed E-state index contributed by atoms with van der Waals surface area (Å²) in [5, 5.41) is 3.19. The molecule has 0 atom stereocenters. The van der Waals surface area contributed by atoms with Crippen molar-refractivity contribution in [1.82, 2.24) is 4.90 Å². The van der Waals surface area contributed by atoms with Crippen LogP contribution < -0.4 is 11.1 Å². The van der Waals surface area contributed by atoms with Gasteiger partial charge in [-0.25, -0.2) is 0 Å². The highest BCUT2D eigenvalue weighted by Gasteiger charge is 2.17. The summed E-state index contributed by atoms with van der Waals surface area (Å²) in [6.07, 6.45) is 7.96. The maximum Gasteiger partial charge on any atom is 0.193 e. The molecule has 1 aromatic carbocycles. The fraction of sp³-hybridized carbons (Fsp3) is 0.632. The molecule has 0 amide bonds. The third kappa shape index (κ3) is 7.38. The van der Waals surface area contributed by atoms with Crippen molar-refractivity contribution >= 4 is 35.6 Å². The Bertz CT molecular complexity index is 504. The predicted octanol–water partition coefficient (Wildman–Crippen LogP) is 4.30. The number of nitrogens with two attached hydrogens (primary N) is 1. The van der Waals surface area contributed by atoms with Gasteiger partial charge in [0.15, 0.2) is 5.96 Å². The molecule has 1 aliphatic carbocycles. The molecule has 0 heterocycles. The second kappa shape index (κ2) is 10.9. The fourth-order valence-electron chi connectivity index (χ4n) is 3.46. The molecule has 3 N–H and O–H groups in total. The maximum absolute atomic E-state index is 5.99. The Morgan fingerprint density at radius 3 is 2.42 bits per heavy atom. The van der Waals surface area contributed by atoms with Crippen molar-refractivity contribution in [1.29, 1.82) is 0 Å². The van der Waals surface area contributed by atoms with Gasteiger partial charge in [0, 0.05) is 18.3 Å². The molecule has 0 unspecified atom stereocenters. The Labute approximate surface area is 164 Å². The molecule has 0 bridgehead atoms. The zero-order valence-electron chi connectivity index (χ0n) is 15.3. The molecule has 1 aromatic rings. The molecule has 4 nitrogen and oxygen atoms in total. The summed E-state index contributed by atoms with van der Waals surface area (Å²) in [6.45, 7) is 6.06. The first-order chi connectivity index (χ1) is 11.0. The van der Waals surface area contributed by atoms with Gasteiger partial charge < -0.3 is 16.0 Å². The van der Waals surface area contributed by atoms with Crippen molar-refractivity contribution in [2.75, 3.05) is 25.5 Å². The number of aryl methyl sites for hydroxylation is 2. The number of rotatable bonds is 6. The lowest BCUT2D eigenvalue weighted by Crippen LogP contribution is -2.34. The van der Waals surface area contributed by atoms with Crippen LogP contribution in [-0.2, 0) is 0 Å². The van der Waals surface area contributed by atoms with E-state index in [0.717, 1.165) is 31.2 Å². The van der Waals surface area contributed by atoms with Crippen molar-refractivity contribution in [3.63, 3.8) is 0 Å². The molecular weight excluding hydrogens is 411 g/mol. The van der Waals surface area contributed by atoms with Crippen molar-refractivity contribution in [3.8, 4) is 0 Å². The quantitative estimate of drug-likeness (QED) is 0.298. The first-order valence-corrected chi connectivity index (χ1v) is 8.90. The van der Waals surface area contributed by atoms with E-state index in [0.29, 0.717) is 5.96 Å². The van der Waals surface area contributed by atoms with Crippen LogP contribution in [0.1, 0.15) is 49.7 Å². The zero-order chi connectivity index (χ0) is 16.7. The summed E-state index contributed by atoms with van der Waals surface area (Å²) in [4.78, 5) is 6.95. The number of nitrogens with one attached hydrogen (secondary N) is 1. The van der Waals surface area contributed by atoms with Gasteiger partial charge in [-0.1, -0.05) is 25.3 Å². The second-order valence-corrected chi connectivity index (χ2v) is 6.89. The SMILES string of the molecule is Cc1cc(C)cc(NC(N)=NCCCN(C)C2CCCCC2)c1.I. The summed E-state index contributed by atoms with van der Waals surface area (Å²) in [5.74, 6) is 0.510. The summed E-state index contributed by atoms with van der Waals surface area (Å²) in [7, 11) is 2.25. The van der Waals surface area contributed by atoms with E-state index in [4.69, 9.17) is 5.73 Å². The van der Waals surface area contributed by atoms with E-state index in [2.05, 4.69) is 54.3 Å². The lowest BCUT2D eigenvalue weighted by atomic mass is 9.94. The number of anilines is 1. The average Bonchev–Trinajstić information content (AvgIpc) is 2.51. The molecule has 0 aliphatic heterocycles. The lowest BCUT2D eigenvalue weighted by molar-refractivity contribution is 0.191. The molecule has 0 spiro atoms. The number of nitrogens with zero attached hydrogens (tertiary/aromatic N) is 2. The Morgan fingerprint density at radius 1 is 1.17 bits per heavy atom. The van der Waals surface area contributed by atoms with Crippen LogP contribution in [0.5, 0.6) is 0 Å². The highest BCUT2D eigenvalue weighted by Crippen LogP contribution is 2.21. The average molecular weight is 444 g/mol. The second-order valence-electron chi connectivity index (χ2n) is 6.89. The van der Waals surface area contributed by atoms with E-state index >= 15 is 0 Å². The van der Waals surface area contributed by atoms with E-state index in [9.17, 15) is 0 Å². The number of hydrogen-bond donors (Lipinski definition) is 2. The van der Waals surface area contributed by atoms with Gasteiger partial charge in [-0.15, -0.1) is 24.0 Å². The van der Waals surface area contributed by atoms with E-state index in [1.807, 2.05) is 0 Å². The standard InChI is InChI=1S/C19H32N4.HI/c1-15-12-16(2)14-17(13-15)22-19(20)21-10-7-11-23(3)18-8-5-4-6-9-18;/h12-14,18H,4-11H2,1-3H3,(H3,20,21,22);1H. The van der Waals surface area contributed by atoms with Gasteiger partial charge >= 0.3 is 0 Å². The summed E-state index contributed by atoms with van der Waals surface area (Å²) in [5.41, 5.74) is 9.47. The van der Waals surface area contributed by atoms with Gasteiger partial charge in [0.1, 0.15) is 0 Å². The lowest BCUT2D eigenvalue weighted by Gasteiger charge is -2.30. The summed E-state index contributed by atoms with van der Waals surface area (Å²) in [6, 6.07) is 7.11. The van der Waals surface area contributed by atoms with Gasteiger partial charge in [0.2, 0.25) is 0 Å². The van der Waals surface area contributed by atoms with E-state index in [-0.39, 0.29) is 24.0 Å². The minimum atomic E-state index is 0. The molecular formula is C19H33IN4. The summed E-state index contributed by atoms with van der Waals surface area (Å²) >= 11 is 0. The highest BCUT2D eigenvalue weighted by atomic mass is 127. The van der Waals surface area contributed by atoms with Crippen LogP contribution in [0.3, 0.4) is 0 Å². The first-order valence-electron chi connectivity index (χ1n) is 8.90. The van der Waals surface area contributed by atoms with Crippen molar-refractivity contribution in [2.45, 2.75) is 58.4 Å². The van der Waals surface area contributed by atoms with Gasteiger partial charge in [0.05, 0.1) is 0 Å². The van der Waals surface area contributed by atoms with Crippen LogP contribution in [0.2, 0.25) is 0 Å². The van der Waals surface area contributed by atoms with Crippen molar-refractivity contribution < 1.29 is 0 Å². The molecule has 5 heteroatoms. The normalized spacial score (nSPS) is 16.1. The largest absolute Gasteiger partial charge is 0.370 e. The van der Waals surface area contributed by atoms with E-state index < -0.39 is 0 Å². The van der Waals surface area contributed by atoms with Gasteiger partial charge in [-0.3, -0.25) is 4.99 Å². The van der Waals surface area contributed by atoms with Crippen LogP contribution in [0, 0.1) is 13.8 Å². The Morgan fingerprint density at radius 2 is 1.79 bits per heavy atom. The molecule has 24 heavy (non-hydrogen) atoms. The smallest absolute Gasteiger partial charge is 0.193 e. The molecule has 1 fully saturated rings. The minimum absolute atomic E-state index is 0. The number of aliphatic imine (C=N–C) groups is 1. The Hall–Kier alpha value is -0.820. The number of guanidine groups is 1. The van der Waals surface area contributed by atoms with Crippen molar-refractivity contribution in [3.05, 3.63) is 29.3 Å². The molecule has 1 aliphatic rings. The molecule has 136 valence electrons. The van der Waals surface area contributed by atoms with Gasteiger partial charge in [-0.2, -0.15) is 0 Å². The topological polar surface area (TPSA) is 53.6 Å². The Kier molecular flexibility index (Phi) is 9.66. The number of halogens is 1. The van der Waals surface area contributed by atoms with Gasteiger partial charge in [-0.05, 0) is 70.0 Å². The predicted molar refractivity (Wildman–Crippen MR) is 116 cm³/mol. The van der Waals surface area contributed by atoms with Crippen LogP contribution in [0.25, 0.3) is 0 Å². The molecule has 2 rings (SSSR count). The van der Waals surface area contributed by atoms with Gasteiger partial charge in [0.25, 0.3) is 0 Å². The Balaban J connectivity index is 0.00000288. The maximum atomic E-state index is 5.99. The fourth-order valence-corrected chi connectivity index (χ4v) is 3.46. The molecule has 0 aromatic heterocycles. The third-order valence-corrected chi connectivity index (χ3v) is 4.64. The van der Waals surface area contributed by atoms with Crippen molar-refractivity contribution in [2.24, 2.45) is 10.7 Å². The highest BCUT2D eigenvalue weighted by molar-refractivity contribution is 14.0. The van der Waals surface area contributed by atoms with E-state index in [1.165, 1.54) is 43.2 Å². The van der Waals surface area contributed by atoms with Crippen LogP contribution in [-0.4, -0.2) is 37.0 Å². The summed E-state index contributed by atoms with van der Waals surface area (Å²) < 4.78 is 0. The minimum Gasteiger partial charge on any atom is -0.370 e. The molecule has 1 saturated carbocycles. The van der Waals surface area contributed by atoms with Crippen LogP contribution in [0.15, 0.2) is 23.2 Å². The molecule has 0 radical (unpaired) electrons. The first kappa shape index (κ1) is 21.2. The number of hydrogen-bond acceptors (Lipinski definition) is 2. The number of benzene rings is 1. The van der Waals surface area contributed by atoms with Crippen LogP contribution >= 0.6 is 24.0 Å². The monoisotopic (exact) mass is 444 g/mol. The third-order valence-electron chi connectivity index (χ3n) is 4.64. The molecule has 0 saturated heterocycles. The van der Waals surface area contributed by atoms with Crippen LogP contribution in [0.4, 0.5) is 5.69 Å².